The number of anilines is 2. The molecule has 1 saturated heterocycles. The number of nitrogens with one attached hydrogen (secondary N) is 1. The molecule has 32 heavy (non-hydrogen) atoms. The van der Waals surface area contributed by atoms with Crippen LogP contribution in [-0.4, -0.2) is 68.1 Å². The average Bonchev–Trinajstić information content (AvgIpc) is 2.66. The highest BCUT2D eigenvalue weighted by Crippen LogP contribution is 2.39. The van der Waals surface area contributed by atoms with Crippen LogP contribution in [0.15, 0.2) is 18.2 Å². The minimum atomic E-state index is -4.80. The standard InChI is InChI=1S/C20H25F5N4O3/c21-17(22)10-29(13-2-1-3-13)16(9-26)19(31)27-12-4-5-15(14(8-12)20(23,24)25)28-6-7-32-11-18(28)30/h4-5,8,13,16-17H,1-3,6-7,9-11,26H2,(H,27,31)/t16-/m1/s1. The smallest absolute Gasteiger partial charge is 0.370 e. The number of amides is 2. The molecule has 12 heteroatoms. The highest BCUT2D eigenvalue weighted by atomic mass is 19.4. The summed E-state index contributed by atoms with van der Waals surface area (Å²) in [5, 5.41) is 2.37. The summed E-state index contributed by atoms with van der Waals surface area (Å²) in [4.78, 5) is 27.1. The Morgan fingerprint density at radius 3 is 2.56 bits per heavy atom. The number of hydrogen-bond donors (Lipinski definition) is 2. The van der Waals surface area contributed by atoms with E-state index in [1.54, 1.807) is 0 Å². The number of alkyl halides is 5. The lowest BCUT2D eigenvalue weighted by Gasteiger charge is -2.41. The number of hydrogen-bond acceptors (Lipinski definition) is 5. The van der Waals surface area contributed by atoms with Crippen molar-refractivity contribution in [2.45, 2.75) is 43.9 Å². The Balaban J connectivity index is 1.83. The first kappa shape index (κ1) is 24.3. The molecule has 3 N–H and O–H groups in total. The zero-order valence-electron chi connectivity index (χ0n) is 17.2. The molecule has 0 unspecified atom stereocenters. The molecule has 0 bridgehead atoms. The summed E-state index contributed by atoms with van der Waals surface area (Å²) in [5.74, 6) is -1.37. The number of nitrogens with two attached hydrogens (primary N) is 1. The van der Waals surface area contributed by atoms with Crippen molar-refractivity contribution >= 4 is 23.2 Å². The molecular formula is C20H25F5N4O3. The Morgan fingerprint density at radius 2 is 2.03 bits per heavy atom. The molecule has 1 heterocycles. The number of morpholine rings is 1. The van der Waals surface area contributed by atoms with E-state index in [4.69, 9.17) is 10.5 Å². The Labute approximate surface area is 181 Å². The summed E-state index contributed by atoms with van der Waals surface area (Å²) >= 11 is 0. The number of ether oxygens (including phenoxy) is 1. The van der Waals surface area contributed by atoms with Gasteiger partial charge in [-0.25, -0.2) is 8.78 Å². The summed E-state index contributed by atoms with van der Waals surface area (Å²) < 4.78 is 72.2. The third kappa shape index (κ3) is 5.54. The van der Waals surface area contributed by atoms with Gasteiger partial charge in [0.05, 0.1) is 24.4 Å². The van der Waals surface area contributed by atoms with Gasteiger partial charge in [-0.2, -0.15) is 13.2 Å². The van der Waals surface area contributed by atoms with Gasteiger partial charge < -0.3 is 20.7 Å². The zero-order chi connectivity index (χ0) is 23.5. The van der Waals surface area contributed by atoms with Crippen LogP contribution in [0.1, 0.15) is 24.8 Å². The van der Waals surface area contributed by atoms with Crippen LogP contribution in [0, 0.1) is 0 Å². The largest absolute Gasteiger partial charge is 0.418 e. The quantitative estimate of drug-likeness (QED) is 0.578. The van der Waals surface area contributed by atoms with Gasteiger partial charge in [0.1, 0.15) is 12.6 Å². The van der Waals surface area contributed by atoms with Gasteiger partial charge in [-0.1, -0.05) is 6.42 Å². The van der Waals surface area contributed by atoms with Crippen LogP contribution >= 0.6 is 0 Å². The van der Waals surface area contributed by atoms with E-state index in [-0.39, 0.29) is 43.7 Å². The maximum atomic E-state index is 13.7. The maximum Gasteiger partial charge on any atom is 0.418 e. The molecule has 0 spiro atoms. The molecule has 1 aliphatic heterocycles. The van der Waals surface area contributed by atoms with Gasteiger partial charge in [-0.05, 0) is 31.0 Å². The molecule has 1 aliphatic carbocycles. The predicted octanol–water partition coefficient (Wildman–Crippen LogP) is 2.45. The van der Waals surface area contributed by atoms with Crippen LogP contribution in [0.5, 0.6) is 0 Å². The van der Waals surface area contributed by atoms with E-state index in [1.165, 1.54) is 11.0 Å². The number of carbonyl (C=O) groups is 2. The molecule has 2 aliphatic rings. The molecule has 1 aromatic carbocycles. The SMILES string of the molecule is NC[C@H](C(=O)Nc1ccc(N2CCOCC2=O)c(C(F)(F)F)c1)N(CC(F)F)C1CCC1. The monoisotopic (exact) mass is 464 g/mol. The van der Waals surface area contributed by atoms with Gasteiger partial charge in [-0.3, -0.25) is 14.5 Å². The minimum Gasteiger partial charge on any atom is -0.370 e. The highest BCUT2D eigenvalue weighted by Gasteiger charge is 2.38. The second kappa shape index (κ2) is 10.1. The van der Waals surface area contributed by atoms with Crippen molar-refractivity contribution in [3.05, 3.63) is 23.8 Å². The highest BCUT2D eigenvalue weighted by molar-refractivity contribution is 5.98. The van der Waals surface area contributed by atoms with Gasteiger partial charge in [-0.15, -0.1) is 0 Å². The molecule has 2 fully saturated rings. The molecule has 7 nitrogen and oxygen atoms in total. The number of halogens is 5. The molecule has 2 amide bonds. The van der Waals surface area contributed by atoms with E-state index in [9.17, 15) is 31.5 Å². The first-order chi connectivity index (χ1) is 15.1. The summed E-state index contributed by atoms with van der Waals surface area (Å²) in [6, 6.07) is 1.74. The van der Waals surface area contributed by atoms with Crippen molar-refractivity contribution in [2.24, 2.45) is 5.73 Å². The van der Waals surface area contributed by atoms with Crippen molar-refractivity contribution in [3.8, 4) is 0 Å². The Hall–Kier alpha value is -2.31. The van der Waals surface area contributed by atoms with E-state index in [1.807, 2.05) is 0 Å². The van der Waals surface area contributed by atoms with Crippen molar-refractivity contribution in [2.75, 3.05) is 43.1 Å². The fraction of sp³-hybridized carbons (Fsp3) is 0.600. The molecule has 178 valence electrons. The summed E-state index contributed by atoms with van der Waals surface area (Å²) in [6.45, 7) is -1.17. The van der Waals surface area contributed by atoms with Gasteiger partial charge in [0, 0.05) is 24.8 Å². The van der Waals surface area contributed by atoms with Gasteiger partial charge in [0.2, 0.25) is 5.91 Å². The lowest BCUT2D eigenvalue weighted by molar-refractivity contribution is -0.137. The number of benzene rings is 1. The summed E-state index contributed by atoms with van der Waals surface area (Å²) in [7, 11) is 0. The molecule has 1 saturated carbocycles. The van der Waals surface area contributed by atoms with E-state index < -0.39 is 42.6 Å². The minimum absolute atomic E-state index is 0.0349. The first-order valence-corrected chi connectivity index (χ1v) is 10.3. The topological polar surface area (TPSA) is 87.9 Å². The number of carbonyl (C=O) groups excluding carboxylic acids is 2. The van der Waals surface area contributed by atoms with Crippen LogP contribution in [0.2, 0.25) is 0 Å². The molecular weight excluding hydrogens is 439 g/mol. The lowest BCUT2D eigenvalue weighted by atomic mass is 9.90. The maximum absolute atomic E-state index is 13.7. The zero-order valence-corrected chi connectivity index (χ0v) is 17.2. The summed E-state index contributed by atoms with van der Waals surface area (Å²) in [5.41, 5.74) is 4.06. The van der Waals surface area contributed by atoms with Crippen molar-refractivity contribution in [1.29, 1.82) is 0 Å². The predicted molar refractivity (Wildman–Crippen MR) is 106 cm³/mol. The normalized spacial score (nSPS) is 18.8. The third-order valence-corrected chi connectivity index (χ3v) is 5.66. The second-order valence-electron chi connectivity index (χ2n) is 7.74. The van der Waals surface area contributed by atoms with Gasteiger partial charge in [0.25, 0.3) is 12.3 Å². The van der Waals surface area contributed by atoms with Gasteiger partial charge in [0.15, 0.2) is 0 Å². The first-order valence-electron chi connectivity index (χ1n) is 10.3. The Kier molecular flexibility index (Phi) is 7.67. The molecule has 3 rings (SSSR count). The molecule has 0 aromatic heterocycles. The number of nitrogens with zero attached hydrogens (tertiary/aromatic N) is 2. The fourth-order valence-corrected chi connectivity index (χ4v) is 3.88. The fourth-order valence-electron chi connectivity index (χ4n) is 3.88. The van der Waals surface area contributed by atoms with Crippen LogP contribution < -0.4 is 16.0 Å². The van der Waals surface area contributed by atoms with Crippen LogP contribution in [0.4, 0.5) is 33.3 Å². The second-order valence-corrected chi connectivity index (χ2v) is 7.74. The third-order valence-electron chi connectivity index (χ3n) is 5.66. The van der Waals surface area contributed by atoms with Gasteiger partial charge >= 0.3 is 6.18 Å². The molecule has 0 radical (unpaired) electrons. The number of rotatable bonds is 8. The van der Waals surface area contributed by atoms with Crippen LogP contribution in [0.25, 0.3) is 0 Å². The van der Waals surface area contributed by atoms with E-state index >= 15 is 0 Å². The molecule has 1 aromatic rings. The van der Waals surface area contributed by atoms with E-state index in [0.29, 0.717) is 12.8 Å². The lowest BCUT2D eigenvalue weighted by Crippen LogP contribution is -2.56. The van der Waals surface area contributed by atoms with Crippen LogP contribution in [-0.2, 0) is 20.5 Å². The molecule has 1 atom stereocenters. The van der Waals surface area contributed by atoms with Crippen molar-refractivity contribution < 1.29 is 36.3 Å². The Morgan fingerprint density at radius 1 is 1.31 bits per heavy atom. The van der Waals surface area contributed by atoms with Crippen molar-refractivity contribution in [3.63, 3.8) is 0 Å². The van der Waals surface area contributed by atoms with E-state index in [0.717, 1.165) is 23.5 Å². The average molecular weight is 464 g/mol. The van der Waals surface area contributed by atoms with Crippen LogP contribution in [0.3, 0.4) is 0 Å². The Bertz CT molecular complexity index is 832. The summed E-state index contributed by atoms with van der Waals surface area (Å²) in [6.07, 6.45) is -5.33. The van der Waals surface area contributed by atoms with E-state index in [2.05, 4.69) is 5.32 Å². The van der Waals surface area contributed by atoms with Crippen molar-refractivity contribution in [1.82, 2.24) is 4.90 Å².